The van der Waals surface area contributed by atoms with Gasteiger partial charge in [-0.25, -0.2) is 0 Å². The van der Waals surface area contributed by atoms with Crippen LogP contribution in [0, 0.1) is 0 Å². The van der Waals surface area contributed by atoms with Crippen molar-refractivity contribution in [2.24, 2.45) is 0 Å². The first kappa shape index (κ1) is 83.9. The molecule has 0 aliphatic carbocycles. The highest BCUT2D eigenvalue weighted by Gasteiger charge is 2.53. The van der Waals surface area contributed by atoms with Crippen LogP contribution in [0.2, 0.25) is 0 Å². The highest BCUT2D eigenvalue weighted by atomic mass is 16.8. The third kappa shape index (κ3) is 36.2. The highest BCUT2D eigenvalue weighted by Crippen LogP contribution is 2.33. The largest absolute Gasteiger partial charge is 0.394 e. The number of hydrogen-bond acceptors (Lipinski definition) is 18. The normalized spacial score (nSPS) is 28.1. The van der Waals surface area contributed by atoms with Crippen LogP contribution in [0.15, 0.2) is 97.2 Å². The van der Waals surface area contributed by atoms with E-state index in [1.54, 1.807) is 6.08 Å². The summed E-state index contributed by atoms with van der Waals surface area (Å²) in [4.78, 5) is 13.4. The predicted octanol–water partition coefficient (Wildman–Crippen LogP) is 10.0. The van der Waals surface area contributed by atoms with E-state index >= 15 is 0 Å². The van der Waals surface area contributed by atoms with E-state index in [0.717, 1.165) is 77.0 Å². The van der Waals surface area contributed by atoms with Crippen LogP contribution in [0.1, 0.15) is 232 Å². The molecule has 3 aliphatic heterocycles. The Hall–Kier alpha value is -3.29. The van der Waals surface area contributed by atoms with E-state index in [9.17, 15) is 61.0 Å². The van der Waals surface area contributed by atoms with Gasteiger partial charge in [0.05, 0.1) is 38.6 Å². The second kappa shape index (κ2) is 54.7. The summed E-state index contributed by atoms with van der Waals surface area (Å²) in [6, 6.07) is -1.02. The van der Waals surface area contributed by atoms with Crippen molar-refractivity contribution in [2.45, 2.75) is 336 Å². The van der Waals surface area contributed by atoms with Gasteiger partial charge < -0.3 is 89.9 Å². The van der Waals surface area contributed by atoms with E-state index in [1.807, 2.05) is 6.08 Å². The van der Waals surface area contributed by atoms with Crippen molar-refractivity contribution < 1.29 is 89.4 Å². The van der Waals surface area contributed by atoms with Crippen LogP contribution >= 0.6 is 0 Å². The van der Waals surface area contributed by atoms with Crippen LogP contribution in [-0.2, 0) is 33.2 Å². The van der Waals surface area contributed by atoms with Gasteiger partial charge in [-0.3, -0.25) is 4.79 Å². The molecule has 12 N–H and O–H groups in total. The fourth-order valence-corrected chi connectivity index (χ4v) is 11.5. The van der Waals surface area contributed by atoms with Gasteiger partial charge in [0, 0.05) is 6.42 Å². The fourth-order valence-electron chi connectivity index (χ4n) is 11.5. The lowest BCUT2D eigenvalue weighted by molar-refractivity contribution is -0.379. The van der Waals surface area contributed by atoms with Crippen LogP contribution in [0.4, 0.5) is 0 Å². The summed E-state index contributed by atoms with van der Waals surface area (Å²) in [7, 11) is 0. The maximum absolute atomic E-state index is 13.4. The predicted molar refractivity (Wildman–Crippen MR) is 364 cm³/mol. The minimum Gasteiger partial charge on any atom is -0.394 e. The van der Waals surface area contributed by atoms with Crippen LogP contribution in [-0.4, -0.2) is 193 Å². The molecule has 0 bridgehead atoms. The molecule has 93 heavy (non-hydrogen) atoms. The third-order valence-electron chi connectivity index (χ3n) is 17.3. The van der Waals surface area contributed by atoms with E-state index < -0.39 is 131 Å². The molecule has 3 saturated heterocycles. The number of ether oxygens (including phenoxy) is 6. The Labute approximate surface area is 558 Å². The van der Waals surface area contributed by atoms with Gasteiger partial charge in [0.1, 0.15) is 73.2 Å². The molecule has 19 nitrogen and oxygen atoms in total. The molecular weight excluding hydrogens is 1190 g/mol. The number of amides is 1. The lowest BCUT2D eigenvalue weighted by Crippen LogP contribution is -2.66. The van der Waals surface area contributed by atoms with E-state index in [2.05, 4.69) is 104 Å². The molecule has 0 radical (unpaired) electrons. The molecule has 17 unspecified atom stereocenters. The van der Waals surface area contributed by atoms with Gasteiger partial charge in [0.15, 0.2) is 18.9 Å². The van der Waals surface area contributed by atoms with Gasteiger partial charge in [-0.1, -0.05) is 233 Å². The molecule has 3 rings (SSSR count). The fraction of sp³-hybridized carbons (Fsp3) is 0.770. The molecule has 19 heteroatoms. The molecule has 1 amide bonds. The highest BCUT2D eigenvalue weighted by molar-refractivity contribution is 5.76. The second-order valence-corrected chi connectivity index (χ2v) is 25.3. The van der Waals surface area contributed by atoms with Crippen LogP contribution in [0.3, 0.4) is 0 Å². The summed E-state index contributed by atoms with van der Waals surface area (Å²) < 4.78 is 34.3. The van der Waals surface area contributed by atoms with Crippen molar-refractivity contribution in [3.05, 3.63) is 97.2 Å². The van der Waals surface area contributed by atoms with Crippen molar-refractivity contribution in [3.63, 3.8) is 0 Å². The lowest BCUT2D eigenvalue weighted by atomic mass is 9.96. The number of carbonyl (C=O) groups is 1. The molecule has 0 aromatic heterocycles. The van der Waals surface area contributed by atoms with Crippen LogP contribution in [0.5, 0.6) is 0 Å². The smallest absolute Gasteiger partial charge is 0.220 e. The Morgan fingerprint density at radius 1 is 0.398 bits per heavy atom. The molecular formula is C74H127NO18. The number of nitrogens with one attached hydrogen (secondary N) is 1. The molecule has 0 aromatic carbocycles. The lowest BCUT2D eigenvalue weighted by Gasteiger charge is -2.48. The molecule has 3 fully saturated rings. The van der Waals surface area contributed by atoms with Gasteiger partial charge >= 0.3 is 0 Å². The Morgan fingerprint density at radius 2 is 0.753 bits per heavy atom. The average molecular weight is 1320 g/mol. The maximum atomic E-state index is 13.4. The zero-order valence-corrected chi connectivity index (χ0v) is 56.7. The summed E-state index contributed by atoms with van der Waals surface area (Å²) >= 11 is 0. The second-order valence-electron chi connectivity index (χ2n) is 25.3. The van der Waals surface area contributed by atoms with Gasteiger partial charge in [-0.15, -0.1) is 0 Å². The Kier molecular flexibility index (Phi) is 49.4. The molecule has 3 aliphatic rings. The first-order chi connectivity index (χ1) is 45.3. The number of unbranched alkanes of at least 4 members (excludes halogenated alkanes) is 24. The quantitative estimate of drug-likeness (QED) is 0.0199. The Morgan fingerprint density at radius 3 is 1.20 bits per heavy atom. The topological polar surface area (TPSA) is 307 Å². The molecule has 0 spiro atoms. The Bertz CT molecular complexity index is 2060. The first-order valence-corrected chi connectivity index (χ1v) is 36.0. The number of hydrogen-bond donors (Lipinski definition) is 12. The number of allylic oxidation sites excluding steroid dienone is 15. The number of carbonyl (C=O) groups excluding carboxylic acids is 1. The number of aliphatic hydroxyl groups excluding tert-OH is 11. The maximum Gasteiger partial charge on any atom is 0.220 e. The van der Waals surface area contributed by atoms with Gasteiger partial charge in [0.25, 0.3) is 0 Å². The summed E-state index contributed by atoms with van der Waals surface area (Å²) in [6.07, 6.45) is 45.4. The average Bonchev–Trinajstić information content (AvgIpc) is 0.985. The minimum atomic E-state index is -1.99. The standard InChI is InChI=1S/C74H127NO18/c1-3-5-7-9-11-13-15-17-19-21-23-24-25-26-27-28-29-30-31-32-34-35-37-39-41-43-45-47-49-51-58(79)57(75-62(80)52-50-48-46-44-42-40-38-36-33-22-20-18-16-14-12-10-8-6-4-2)56-88-72-68(86)65(83)70(60(54-77)90-72)93-74-69(87)66(84)71(61(55-78)91-74)92-73-67(85)64(82)63(81)59(53-76)89-73/h6,8,12,14,18,20,33-36,40-43,49,51,57-61,63-74,76-79,81-87H,3-5,7,9-11,13,15-17,19,21-32,37-39,44-48,50,52-56H2,1-2H3,(H,75,80)/b8-6-,14-12-,20-18-,35-34+,36-33-,42-40-,43-41+,51-49+. The van der Waals surface area contributed by atoms with Crippen LogP contribution < -0.4 is 5.32 Å². The van der Waals surface area contributed by atoms with Gasteiger partial charge in [-0.2, -0.15) is 0 Å². The number of aliphatic hydroxyl groups is 11. The molecule has 0 saturated carbocycles. The van der Waals surface area contributed by atoms with Crippen molar-refractivity contribution >= 4 is 5.91 Å². The summed E-state index contributed by atoms with van der Waals surface area (Å²) in [5.74, 6) is -0.324. The Balaban J connectivity index is 1.45. The molecule has 3 heterocycles. The van der Waals surface area contributed by atoms with Crippen molar-refractivity contribution in [1.82, 2.24) is 5.32 Å². The van der Waals surface area contributed by atoms with Crippen molar-refractivity contribution in [1.29, 1.82) is 0 Å². The van der Waals surface area contributed by atoms with E-state index in [0.29, 0.717) is 12.8 Å². The molecule has 17 atom stereocenters. The van der Waals surface area contributed by atoms with E-state index in [-0.39, 0.29) is 12.3 Å². The zero-order valence-electron chi connectivity index (χ0n) is 56.7. The van der Waals surface area contributed by atoms with E-state index in [4.69, 9.17) is 28.4 Å². The van der Waals surface area contributed by atoms with Crippen molar-refractivity contribution in [2.75, 3.05) is 26.4 Å². The summed E-state index contributed by atoms with van der Waals surface area (Å²) in [5.41, 5.74) is 0. The zero-order chi connectivity index (χ0) is 67.5. The summed E-state index contributed by atoms with van der Waals surface area (Å²) in [5, 5.41) is 121. The van der Waals surface area contributed by atoms with Crippen LogP contribution in [0.25, 0.3) is 0 Å². The monoisotopic (exact) mass is 1320 g/mol. The number of rotatable bonds is 54. The minimum absolute atomic E-state index is 0.187. The third-order valence-corrected chi connectivity index (χ3v) is 17.3. The summed E-state index contributed by atoms with van der Waals surface area (Å²) in [6.45, 7) is 1.57. The SMILES string of the molecule is CC/C=C\C/C=C\C/C=C\C/C=C\C/C=C\CCCCCC(=O)NC(COC1OC(CO)C(OC2OC(CO)C(OC3OC(CO)C(O)C(O)C3O)C(O)C2O)C(O)C1O)C(O)/C=C/CC/C=C/CC/C=C/CCCCCCCCCCCCCCCCCCCCC. The molecule has 0 aromatic rings. The van der Waals surface area contributed by atoms with Gasteiger partial charge in [-0.05, 0) is 89.9 Å². The first-order valence-electron chi connectivity index (χ1n) is 36.0. The van der Waals surface area contributed by atoms with E-state index in [1.165, 1.54) is 122 Å². The molecule has 536 valence electrons. The van der Waals surface area contributed by atoms with Crippen molar-refractivity contribution in [3.8, 4) is 0 Å². The van der Waals surface area contributed by atoms with Gasteiger partial charge in [0.2, 0.25) is 5.91 Å².